The number of rotatable bonds is 3. The second kappa shape index (κ2) is 4.28. The van der Waals surface area contributed by atoms with Crippen molar-refractivity contribution in [1.82, 2.24) is 19.7 Å². The molecule has 6 nitrogen and oxygen atoms in total. The van der Waals surface area contributed by atoms with Gasteiger partial charge in [-0.25, -0.2) is 4.98 Å². The maximum absolute atomic E-state index is 5.57. The van der Waals surface area contributed by atoms with Crippen molar-refractivity contribution < 1.29 is 4.74 Å². The normalized spacial score (nSPS) is 10.4. The molecule has 0 saturated carbocycles. The lowest BCUT2D eigenvalue weighted by Crippen LogP contribution is -2.00. The molecule has 0 amide bonds. The maximum Gasteiger partial charge on any atom is 0.342 e. The van der Waals surface area contributed by atoms with Gasteiger partial charge in [0, 0.05) is 25.4 Å². The fraction of sp³-hybridized carbons (Fsp3) is 0.300. The third-order valence-electron chi connectivity index (χ3n) is 2.00. The number of hydrogen-bond acceptors (Lipinski definition) is 5. The average molecular weight is 219 g/mol. The number of ether oxygens (including phenoxy) is 1. The summed E-state index contributed by atoms with van der Waals surface area (Å²) in [6.45, 7) is 2.34. The number of aromatic nitrogens is 4. The molecule has 0 aromatic carbocycles. The van der Waals surface area contributed by atoms with Gasteiger partial charge in [0.2, 0.25) is 5.88 Å². The van der Waals surface area contributed by atoms with E-state index in [0.29, 0.717) is 12.4 Å². The summed E-state index contributed by atoms with van der Waals surface area (Å²) in [4.78, 5) is 8.17. The zero-order valence-electron chi connectivity index (χ0n) is 9.21. The molecule has 0 saturated heterocycles. The van der Waals surface area contributed by atoms with E-state index in [-0.39, 0.29) is 6.01 Å². The van der Waals surface area contributed by atoms with Crippen LogP contribution in [-0.2, 0) is 13.6 Å². The highest BCUT2D eigenvalue weighted by Crippen LogP contribution is 2.17. The fourth-order valence-electron chi connectivity index (χ4n) is 1.34. The lowest BCUT2D eigenvalue weighted by atomic mass is 10.2. The second-order valence-electron chi connectivity index (χ2n) is 3.46. The van der Waals surface area contributed by atoms with Crippen molar-refractivity contribution in [2.45, 2.75) is 13.5 Å². The Morgan fingerprint density at radius 2 is 2.25 bits per heavy atom. The van der Waals surface area contributed by atoms with Crippen LogP contribution >= 0.6 is 0 Å². The van der Waals surface area contributed by atoms with E-state index in [4.69, 9.17) is 10.5 Å². The predicted octanol–water partition coefficient (Wildman–Crippen LogP) is 0.770. The van der Waals surface area contributed by atoms with Crippen molar-refractivity contribution in [2.24, 2.45) is 12.8 Å². The van der Waals surface area contributed by atoms with Gasteiger partial charge in [0.05, 0.1) is 0 Å². The van der Waals surface area contributed by atoms with Crippen LogP contribution in [0.25, 0.3) is 0 Å². The van der Waals surface area contributed by atoms with Crippen LogP contribution in [0.4, 0.5) is 0 Å². The summed E-state index contributed by atoms with van der Waals surface area (Å²) in [7, 11) is 1.77. The van der Waals surface area contributed by atoms with E-state index < -0.39 is 0 Å². The summed E-state index contributed by atoms with van der Waals surface area (Å²) >= 11 is 0. The van der Waals surface area contributed by atoms with Gasteiger partial charge in [-0.15, -0.1) is 5.10 Å². The van der Waals surface area contributed by atoms with E-state index >= 15 is 0 Å². The summed E-state index contributed by atoms with van der Waals surface area (Å²) in [6, 6.07) is 3.98. The molecule has 0 aliphatic rings. The smallest absolute Gasteiger partial charge is 0.342 e. The molecule has 2 aromatic heterocycles. The van der Waals surface area contributed by atoms with Crippen LogP contribution in [0.1, 0.15) is 11.3 Å². The minimum Gasteiger partial charge on any atom is -0.404 e. The Balaban J connectivity index is 2.24. The average Bonchev–Trinajstić information content (AvgIpc) is 2.63. The van der Waals surface area contributed by atoms with Gasteiger partial charge in [-0.05, 0) is 18.6 Å². The Kier molecular flexibility index (Phi) is 2.82. The van der Waals surface area contributed by atoms with Crippen molar-refractivity contribution in [3.8, 4) is 11.9 Å². The number of pyridine rings is 1. The summed E-state index contributed by atoms with van der Waals surface area (Å²) in [5.74, 6) is 0.464. The molecule has 0 aliphatic carbocycles. The highest BCUT2D eigenvalue weighted by Gasteiger charge is 2.05. The van der Waals surface area contributed by atoms with Crippen molar-refractivity contribution in [3.05, 3.63) is 29.7 Å². The maximum atomic E-state index is 5.57. The van der Waals surface area contributed by atoms with E-state index in [1.165, 1.54) is 0 Å². The third-order valence-corrected chi connectivity index (χ3v) is 2.00. The van der Waals surface area contributed by atoms with Crippen LogP contribution in [0.3, 0.4) is 0 Å². The van der Waals surface area contributed by atoms with Crippen molar-refractivity contribution in [3.63, 3.8) is 0 Å². The Bertz CT molecular complexity index is 494. The van der Waals surface area contributed by atoms with Gasteiger partial charge in [-0.2, -0.15) is 4.98 Å². The quantitative estimate of drug-likeness (QED) is 0.824. The molecule has 0 aliphatic heterocycles. The van der Waals surface area contributed by atoms with Gasteiger partial charge in [0.1, 0.15) is 6.33 Å². The van der Waals surface area contributed by atoms with Gasteiger partial charge in [0.15, 0.2) is 0 Å². The van der Waals surface area contributed by atoms with Crippen LogP contribution in [-0.4, -0.2) is 19.7 Å². The molecule has 0 atom stereocenters. The highest BCUT2D eigenvalue weighted by atomic mass is 16.5. The molecule has 2 heterocycles. The number of hydrogen-bond donors (Lipinski definition) is 1. The van der Waals surface area contributed by atoms with Gasteiger partial charge in [-0.3, -0.25) is 4.68 Å². The lowest BCUT2D eigenvalue weighted by Gasteiger charge is -2.04. The van der Waals surface area contributed by atoms with Gasteiger partial charge in [-0.1, -0.05) is 0 Å². The summed E-state index contributed by atoms with van der Waals surface area (Å²) in [5.41, 5.74) is 7.39. The molecule has 0 bridgehead atoms. The first kappa shape index (κ1) is 10.6. The molecule has 0 fully saturated rings. The van der Waals surface area contributed by atoms with E-state index in [9.17, 15) is 0 Å². The molecule has 2 aromatic rings. The van der Waals surface area contributed by atoms with Crippen molar-refractivity contribution >= 4 is 0 Å². The van der Waals surface area contributed by atoms with Gasteiger partial charge >= 0.3 is 6.01 Å². The minimum atomic E-state index is 0.281. The first-order valence-electron chi connectivity index (χ1n) is 4.88. The minimum absolute atomic E-state index is 0.281. The largest absolute Gasteiger partial charge is 0.404 e. The molecule has 0 unspecified atom stereocenters. The molecule has 84 valence electrons. The standard InChI is InChI=1S/C10H13N5O/c1-7-3-8(5-11)4-9(13-7)16-10-12-6-15(2)14-10/h3-4,6H,5,11H2,1-2H3. The van der Waals surface area contributed by atoms with E-state index in [2.05, 4.69) is 15.1 Å². The van der Waals surface area contributed by atoms with E-state index in [1.54, 1.807) is 24.1 Å². The molecule has 0 radical (unpaired) electrons. The topological polar surface area (TPSA) is 78.9 Å². The molecule has 0 spiro atoms. The zero-order chi connectivity index (χ0) is 11.5. The Labute approximate surface area is 93.1 Å². The Hall–Kier alpha value is -1.95. The van der Waals surface area contributed by atoms with Crippen molar-refractivity contribution in [2.75, 3.05) is 0 Å². The summed E-state index contributed by atoms with van der Waals surface area (Å²) in [5, 5.41) is 4.00. The molecular formula is C10H13N5O. The molecule has 16 heavy (non-hydrogen) atoms. The van der Waals surface area contributed by atoms with Crippen LogP contribution in [0.5, 0.6) is 11.9 Å². The molecular weight excluding hydrogens is 206 g/mol. The summed E-state index contributed by atoms with van der Waals surface area (Å²) < 4.78 is 6.98. The zero-order valence-corrected chi connectivity index (χ0v) is 9.21. The SMILES string of the molecule is Cc1cc(CN)cc(Oc2ncn(C)n2)n1. The predicted molar refractivity (Wildman–Crippen MR) is 57.9 cm³/mol. The number of nitrogens with zero attached hydrogens (tertiary/aromatic N) is 4. The fourth-order valence-corrected chi connectivity index (χ4v) is 1.34. The van der Waals surface area contributed by atoms with Gasteiger partial charge < -0.3 is 10.5 Å². The van der Waals surface area contributed by atoms with E-state index in [0.717, 1.165) is 11.3 Å². The van der Waals surface area contributed by atoms with Crippen LogP contribution < -0.4 is 10.5 Å². The summed E-state index contributed by atoms with van der Waals surface area (Å²) in [6.07, 6.45) is 1.56. The van der Waals surface area contributed by atoms with Gasteiger partial charge in [0.25, 0.3) is 0 Å². The molecule has 2 rings (SSSR count). The first-order valence-corrected chi connectivity index (χ1v) is 4.88. The monoisotopic (exact) mass is 219 g/mol. The number of nitrogens with two attached hydrogens (primary N) is 1. The molecule has 2 N–H and O–H groups in total. The van der Waals surface area contributed by atoms with Crippen LogP contribution in [0.2, 0.25) is 0 Å². The van der Waals surface area contributed by atoms with E-state index in [1.807, 2.05) is 13.0 Å². The Morgan fingerprint density at radius 3 is 2.88 bits per heavy atom. The van der Waals surface area contributed by atoms with Crippen LogP contribution in [0.15, 0.2) is 18.5 Å². The highest BCUT2D eigenvalue weighted by molar-refractivity contribution is 5.25. The lowest BCUT2D eigenvalue weighted by molar-refractivity contribution is 0.421. The van der Waals surface area contributed by atoms with Crippen molar-refractivity contribution in [1.29, 1.82) is 0 Å². The number of aryl methyl sites for hydroxylation is 2. The Morgan fingerprint density at radius 1 is 1.44 bits per heavy atom. The second-order valence-corrected chi connectivity index (χ2v) is 3.46. The molecule has 6 heteroatoms. The van der Waals surface area contributed by atoms with Crippen LogP contribution in [0, 0.1) is 6.92 Å². The first-order chi connectivity index (χ1) is 7.67. The third kappa shape index (κ3) is 2.34.